The number of hydrogen-bond acceptors (Lipinski definition) is 3. The zero-order chi connectivity index (χ0) is 13.9. The Balaban J connectivity index is 1.84. The number of nitrogens with zero attached hydrogens (tertiary/aromatic N) is 3. The molecule has 20 heavy (non-hydrogen) atoms. The van der Waals surface area contributed by atoms with Gasteiger partial charge in [-0.1, -0.05) is 18.2 Å². The number of halogens is 1. The Kier molecular flexibility index (Phi) is 3.52. The number of aryl methyl sites for hydroxylation is 1. The van der Waals surface area contributed by atoms with E-state index in [4.69, 9.17) is 0 Å². The van der Waals surface area contributed by atoms with Crippen LogP contribution in [0.1, 0.15) is 0 Å². The highest BCUT2D eigenvalue weighted by molar-refractivity contribution is 9.10. The first kappa shape index (κ1) is 12.9. The number of anilines is 2. The average molecular weight is 329 g/mol. The number of hydrogen-bond donors (Lipinski definition) is 1. The maximum atomic E-state index is 4.18. The molecule has 3 aromatic rings. The minimum Gasteiger partial charge on any atom is -0.340 e. The second-order valence-corrected chi connectivity index (χ2v) is 5.26. The van der Waals surface area contributed by atoms with E-state index < -0.39 is 0 Å². The van der Waals surface area contributed by atoms with E-state index >= 15 is 0 Å². The van der Waals surface area contributed by atoms with E-state index in [1.807, 2.05) is 37.5 Å². The van der Waals surface area contributed by atoms with Crippen LogP contribution >= 0.6 is 15.9 Å². The third-order valence-corrected chi connectivity index (χ3v) is 3.62. The molecule has 0 spiro atoms. The van der Waals surface area contributed by atoms with Crippen molar-refractivity contribution in [3.8, 4) is 11.1 Å². The van der Waals surface area contributed by atoms with E-state index in [0.29, 0.717) is 0 Å². The fourth-order valence-corrected chi connectivity index (χ4v) is 2.41. The van der Waals surface area contributed by atoms with Crippen LogP contribution in [0.3, 0.4) is 0 Å². The van der Waals surface area contributed by atoms with Gasteiger partial charge in [0, 0.05) is 25.1 Å². The van der Waals surface area contributed by atoms with Crippen LogP contribution in [0.4, 0.5) is 11.5 Å². The third kappa shape index (κ3) is 2.58. The first-order valence-electron chi connectivity index (χ1n) is 6.19. The highest BCUT2D eigenvalue weighted by Gasteiger charge is 2.06. The van der Waals surface area contributed by atoms with E-state index in [9.17, 15) is 0 Å². The summed E-state index contributed by atoms with van der Waals surface area (Å²) >= 11 is 3.47. The Hall–Kier alpha value is -2.14. The quantitative estimate of drug-likeness (QED) is 0.790. The van der Waals surface area contributed by atoms with Gasteiger partial charge in [0.2, 0.25) is 0 Å². The van der Waals surface area contributed by atoms with E-state index in [0.717, 1.165) is 27.1 Å². The average Bonchev–Trinajstić information content (AvgIpc) is 2.81. The van der Waals surface area contributed by atoms with Gasteiger partial charge in [0.15, 0.2) is 0 Å². The summed E-state index contributed by atoms with van der Waals surface area (Å²) in [7, 11) is 1.90. The molecule has 2 heterocycles. The van der Waals surface area contributed by atoms with Gasteiger partial charge in [0.05, 0.1) is 10.7 Å². The van der Waals surface area contributed by atoms with Gasteiger partial charge in [-0.3, -0.25) is 9.67 Å². The summed E-state index contributed by atoms with van der Waals surface area (Å²) < 4.78 is 2.73. The van der Waals surface area contributed by atoms with E-state index in [1.54, 1.807) is 17.1 Å². The summed E-state index contributed by atoms with van der Waals surface area (Å²) in [4.78, 5) is 4.13. The minimum absolute atomic E-state index is 0.930. The highest BCUT2D eigenvalue weighted by Crippen LogP contribution is 2.26. The van der Waals surface area contributed by atoms with Crippen molar-refractivity contribution in [2.75, 3.05) is 5.32 Å². The monoisotopic (exact) mass is 328 g/mol. The minimum atomic E-state index is 0.930. The smallest absolute Gasteiger partial charge is 0.142 e. The van der Waals surface area contributed by atoms with Crippen LogP contribution in [0.25, 0.3) is 11.1 Å². The topological polar surface area (TPSA) is 42.7 Å². The molecule has 2 aromatic heterocycles. The summed E-state index contributed by atoms with van der Waals surface area (Å²) in [6, 6.07) is 12.2. The molecular weight excluding hydrogens is 316 g/mol. The first-order chi connectivity index (χ1) is 9.74. The summed E-state index contributed by atoms with van der Waals surface area (Å²) in [5.41, 5.74) is 3.27. The van der Waals surface area contributed by atoms with Gasteiger partial charge in [0.1, 0.15) is 5.82 Å². The van der Waals surface area contributed by atoms with E-state index in [1.165, 1.54) is 0 Å². The molecule has 4 nitrogen and oxygen atoms in total. The lowest BCUT2D eigenvalue weighted by Gasteiger charge is -2.08. The molecule has 3 rings (SSSR count). The van der Waals surface area contributed by atoms with Crippen LogP contribution in [0.2, 0.25) is 0 Å². The predicted molar refractivity (Wildman–Crippen MR) is 83.9 cm³/mol. The maximum Gasteiger partial charge on any atom is 0.142 e. The Morgan fingerprint density at radius 3 is 2.45 bits per heavy atom. The molecule has 100 valence electrons. The molecule has 5 heteroatoms. The molecule has 0 fully saturated rings. The molecule has 0 aliphatic heterocycles. The predicted octanol–water partition coefficient (Wildman–Crippen LogP) is 3.99. The van der Waals surface area contributed by atoms with Gasteiger partial charge in [0.25, 0.3) is 0 Å². The van der Waals surface area contributed by atoms with Crippen molar-refractivity contribution in [2.45, 2.75) is 0 Å². The second kappa shape index (κ2) is 5.46. The van der Waals surface area contributed by atoms with Crippen molar-refractivity contribution in [3.63, 3.8) is 0 Å². The van der Waals surface area contributed by atoms with Crippen molar-refractivity contribution in [1.82, 2.24) is 14.8 Å². The van der Waals surface area contributed by atoms with Gasteiger partial charge in [-0.2, -0.15) is 5.10 Å². The van der Waals surface area contributed by atoms with Crippen LogP contribution < -0.4 is 5.32 Å². The van der Waals surface area contributed by atoms with Crippen molar-refractivity contribution < 1.29 is 0 Å². The zero-order valence-electron chi connectivity index (χ0n) is 10.9. The van der Waals surface area contributed by atoms with Crippen LogP contribution in [0, 0.1) is 0 Å². The molecule has 0 unspecified atom stereocenters. The Bertz CT molecular complexity index is 685. The Morgan fingerprint density at radius 1 is 1.05 bits per heavy atom. The SMILES string of the molecule is Cn1ncc(Br)c1Nc1ccc(-c2cccnc2)cc1. The van der Waals surface area contributed by atoms with Crippen LogP contribution in [0.5, 0.6) is 0 Å². The molecule has 0 aliphatic carbocycles. The molecular formula is C15H13BrN4. The molecule has 1 aromatic carbocycles. The zero-order valence-corrected chi connectivity index (χ0v) is 12.5. The van der Waals surface area contributed by atoms with Crippen molar-refractivity contribution in [2.24, 2.45) is 7.05 Å². The largest absolute Gasteiger partial charge is 0.340 e. The summed E-state index contributed by atoms with van der Waals surface area (Å²) in [6.45, 7) is 0. The molecule has 0 amide bonds. The van der Waals surface area contributed by atoms with E-state index in [2.05, 4.69) is 43.5 Å². The van der Waals surface area contributed by atoms with Crippen molar-refractivity contribution in [3.05, 3.63) is 59.5 Å². The molecule has 0 bridgehead atoms. The Morgan fingerprint density at radius 2 is 1.85 bits per heavy atom. The fraction of sp³-hybridized carbons (Fsp3) is 0.0667. The van der Waals surface area contributed by atoms with E-state index in [-0.39, 0.29) is 0 Å². The van der Waals surface area contributed by atoms with Crippen molar-refractivity contribution >= 4 is 27.4 Å². The molecule has 0 saturated heterocycles. The standard InChI is InChI=1S/C15H13BrN4/c1-20-15(14(16)10-18-20)19-13-6-4-11(5-7-13)12-3-2-8-17-9-12/h2-10,19H,1H3. The van der Waals surface area contributed by atoms with Crippen LogP contribution in [0.15, 0.2) is 59.5 Å². The fourth-order valence-electron chi connectivity index (χ4n) is 1.97. The molecule has 0 atom stereocenters. The normalized spacial score (nSPS) is 10.5. The van der Waals surface area contributed by atoms with Gasteiger partial charge >= 0.3 is 0 Å². The lowest BCUT2D eigenvalue weighted by molar-refractivity contribution is 0.776. The van der Waals surface area contributed by atoms with Gasteiger partial charge in [-0.05, 0) is 45.3 Å². The number of pyridine rings is 1. The number of aromatic nitrogens is 3. The molecule has 1 N–H and O–H groups in total. The number of benzene rings is 1. The maximum absolute atomic E-state index is 4.18. The number of rotatable bonds is 3. The van der Waals surface area contributed by atoms with Crippen LogP contribution in [-0.2, 0) is 7.05 Å². The summed E-state index contributed by atoms with van der Waals surface area (Å²) in [5, 5.41) is 7.51. The van der Waals surface area contributed by atoms with Gasteiger partial charge < -0.3 is 5.32 Å². The lowest BCUT2D eigenvalue weighted by atomic mass is 10.1. The second-order valence-electron chi connectivity index (χ2n) is 4.41. The van der Waals surface area contributed by atoms with Crippen LogP contribution in [-0.4, -0.2) is 14.8 Å². The highest BCUT2D eigenvalue weighted by atomic mass is 79.9. The Labute approximate surface area is 125 Å². The summed E-state index contributed by atoms with van der Waals surface area (Å²) in [5.74, 6) is 0.930. The molecule has 0 aliphatic rings. The third-order valence-electron chi connectivity index (χ3n) is 3.04. The first-order valence-corrected chi connectivity index (χ1v) is 6.98. The lowest BCUT2D eigenvalue weighted by Crippen LogP contribution is -1.99. The van der Waals surface area contributed by atoms with Gasteiger partial charge in [-0.25, -0.2) is 0 Å². The molecule has 0 saturated carbocycles. The van der Waals surface area contributed by atoms with Gasteiger partial charge in [-0.15, -0.1) is 0 Å². The summed E-state index contributed by atoms with van der Waals surface area (Å²) in [6.07, 6.45) is 5.41. The number of nitrogens with one attached hydrogen (secondary N) is 1. The molecule has 0 radical (unpaired) electrons. The van der Waals surface area contributed by atoms with Crippen molar-refractivity contribution in [1.29, 1.82) is 0 Å².